The predicted octanol–water partition coefficient (Wildman–Crippen LogP) is 3.39. The Morgan fingerprint density at radius 1 is 1.53 bits per heavy atom. The highest BCUT2D eigenvalue weighted by molar-refractivity contribution is 9.10. The summed E-state index contributed by atoms with van der Waals surface area (Å²) in [6.45, 7) is 6.52. The molecule has 94 valence electrons. The monoisotopic (exact) mass is 297 g/mol. The Kier molecular flexibility index (Phi) is 4.46. The van der Waals surface area contributed by atoms with Crippen LogP contribution in [0.1, 0.15) is 25.8 Å². The van der Waals surface area contributed by atoms with Crippen molar-refractivity contribution >= 4 is 15.9 Å². The third kappa shape index (κ3) is 3.46. The lowest BCUT2D eigenvalue weighted by Gasteiger charge is -2.14. The number of fused-ring (bicyclic) bond motifs is 1. The molecule has 0 fully saturated rings. The SMILES string of the molecule is CCC(C)CNCC1Cc2cc(Br)ccc2O1. The molecule has 1 aromatic rings. The van der Waals surface area contributed by atoms with Gasteiger partial charge in [0.05, 0.1) is 0 Å². The van der Waals surface area contributed by atoms with Crippen LogP contribution in [0.2, 0.25) is 0 Å². The fourth-order valence-electron chi connectivity index (χ4n) is 2.04. The number of hydrogen-bond acceptors (Lipinski definition) is 2. The second-order valence-electron chi connectivity index (χ2n) is 4.87. The molecule has 2 rings (SSSR count). The standard InChI is InChI=1S/C14H20BrNO/c1-3-10(2)8-16-9-13-7-11-6-12(15)4-5-14(11)17-13/h4-6,10,13,16H,3,7-9H2,1-2H3. The van der Waals surface area contributed by atoms with Gasteiger partial charge in [0.25, 0.3) is 0 Å². The number of ether oxygens (including phenoxy) is 1. The summed E-state index contributed by atoms with van der Waals surface area (Å²) in [7, 11) is 0. The normalized spacial score (nSPS) is 19.8. The van der Waals surface area contributed by atoms with Gasteiger partial charge in [-0.1, -0.05) is 36.2 Å². The molecule has 0 spiro atoms. The van der Waals surface area contributed by atoms with E-state index >= 15 is 0 Å². The highest BCUT2D eigenvalue weighted by Crippen LogP contribution is 2.30. The highest BCUT2D eigenvalue weighted by Gasteiger charge is 2.22. The Hall–Kier alpha value is -0.540. The molecule has 0 bridgehead atoms. The quantitative estimate of drug-likeness (QED) is 0.899. The first-order chi connectivity index (χ1) is 8.19. The summed E-state index contributed by atoms with van der Waals surface area (Å²) in [5.41, 5.74) is 1.31. The highest BCUT2D eigenvalue weighted by atomic mass is 79.9. The van der Waals surface area contributed by atoms with Gasteiger partial charge in [0.15, 0.2) is 0 Å². The molecule has 2 atom stereocenters. The summed E-state index contributed by atoms with van der Waals surface area (Å²) >= 11 is 3.49. The fraction of sp³-hybridized carbons (Fsp3) is 0.571. The number of benzene rings is 1. The van der Waals surface area contributed by atoms with Crippen LogP contribution in [0.5, 0.6) is 5.75 Å². The maximum atomic E-state index is 5.89. The Morgan fingerprint density at radius 3 is 3.12 bits per heavy atom. The second-order valence-corrected chi connectivity index (χ2v) is 5.78. The Bertz CT molecular complexity index is 380. The van der Waals surface area contributed by atoms with Gasteiger partial charge in [-0.05, 0) is 36.2 Å². The fourth-order valence-corrected chi connectivity index (χ4v) is 2.45. The van der Waals surface area contributed by atoms with Crippen molar-refractivity contribution < 1.29 is 4.74 Å². The Morgan fingerprint density at radius 2 is 2.35 bits per heavy atom. The van der Waals surface area contributed by atoms with Gasteiger partial charge in [-0.3, -0.25) is 0 Å². The minimum atomic E-state index is 0.295. The van der Waals surface area contributed by atoms with Crippen LogP contribution in [-0.2, 0) is 6.42 Å². The summed E-state index contributed by atoms with van der Waals surface area (Å²) in [5, 5.41) is 3.49. The molecule has 2 nitrogen and oxygen atoms in total. The van der Waals surface area contributed by atoms with Gasteiger partial charge < -0.3 is 10.1 Å². The van der Waals surface area contributed by atoms with Crippen molar-refractivity contribution in [2.45, 2.75) is 32.8 Å². The van der Waals surface area contributed by atoms with E-state index in [1.54, 1.807) is 0 Å². The Balaban J connectivity index is 1.80. The number of hydrogen-bond donors (Lipinski definition) is 1. The van der Waals surface area contributed by atoms with Gasteiger partial charge in [0.2, 0.25) is 0 Å². The molecule has 1 aromatic carbocycles. The molecule has 1 N–H and O–H groups in total. The third-order valence-corrected chi connectivity index (χ3v) is 3.82. The average Bonchev–Trinajstić information content (AvgIpc) is 2.70. The first-order valence-electron chi connectivity index (χ1n) is 6.34. The molecule has 0 radical (unpaired) electrons. The summed E-state index contributed by atoms with van der Waals surface area (Å²) in [5.74, 6) is 1.79. The molecule has 3 heteroatoms. The third-order valence-electron chi connectivity index (χ3n) is 3.33. The van der Waals surface area contributed by atoms with Crippen molar-refractivity contribution in [1.82, 2.24) is 5.32 Å². The minimum absolute atomic E-state index is 0.295. The van der Waals surface area contributed by atoms with Gasteiger partial charge in [-0.2, -0.15) is 0 Å². The van der Waals surface area contributed by atoms with Gasteiger partial charge in [-0.25, -0.2) is 0 Å². The molecule has 0 aliphatic carbocycles. The van der Waals surface area contributed by atoms with Crippen LogP contribution >= 0.6 is 15.9 Å². The molecule has 2 unspecified atom stereocenters. The molecular formula is C14H20BrNO. The number of rotatable bonds is 5. The molecular weight excluding hydrogens is 278 g/mol. The van der Waals surface area contributed by atoms with Crippen molar-refractivity contribution in [2.75, 3.05) is 13.1 Å². The molecule has 1 heterocycles. The van der Waals surface area contributed by atoms with Crippen molar-refractivity contribution in [3.8, 4) is 5.75 Å². The zero-order valence-corrected chi connectivity index (χ0v) is 12.1. The second kappa shape index (κ2) is 5.87. The smallest absolute Gasteiger partial charge is 0.123 e. The van der Waals surface area contributed by atoms with E-state index in [4.69, 9.17) is 4.74 Å². The topological polar surface area (TPSA) is 21.3 Å². The van der Waals surface area contributed by atoms with Crippen LogP contribution in [0.3, 0.4) is 0 Å². The first kappa shape index (κ1) is 12.9. The van der Waals surface area contributed by atoms with Crippen LogP contribution in [0, 0.1) is 5.92 Å². The molecule has 0 saturated carbocycles. The molecule has 17 heavy (non-hydrogen) atoms. The van der Waals surface area contributed by atoms with Crippen molar-refractivity contribution in [3.63, 3.8) is 0 Å². The van der Waals surface area contributed by atoms with Crippen molar-refractivity contribution in [2.24, 2.45) is 5.92 Å². The lowest BCUT2D eigenvalue weighted by molar-refractivity contribution is 0.225. The van der Waals surface area contributed by atoms with Crippen molar-refractivity contribution in [1.29, 1.82) is 0 Å². The molecule has 0 amide bonds. The maximum absolute atomic E-state index is 5.89. The lowest BCUT2D eigenvalue weighted by Crippen LogP contribution is -2.32. The Labute approximate surface area is 112 Å². The average molecular weight is 298 g/mol. The van der Waals surface area contributed by atoms with E-state index in [1.807, 2.05) is 12.1 Å². The minimum Gasteiger partial charge on any atom is -0.488 e. The summed E-state index contributed by atoms with van der Waals surface area (Å²) < 4.78 is 7.03. The van der Waals surface area contributed by atoms with E-state index in [0.29, 0.717) is 6.10 Å². The van der Waals surface area contributed by atoms with E-state index in [0.717, 1.165) is 35.7 Å². The van der Waals surface area contributed by atoms with Gasteiger partial charge >= 0.3 is 0 Å². The number of nitrogens with one attached hydrogen (secondary N) is 1. The van der Waals surface area contributed by atoms with Crippen LogP contribution < -0.4 is 10.1 Å². The van der Waals surface area contributed by atoms with Crippen LogP contribution in [-0.4, -0.2) is 19.2 Å². The molecule has 1 aliphatic rings. The molecule has 0 saturated heterocycles. The lowest BCUT2D eigenvalue weighted by atomic mass is 10.1. The number of halogens is 1. The maximum Gasteiger partial charge on any atom is 0.123 e. The molecule has 0 aromatic heterocycles. The summed E-state index contributed by atoms with van der Waals surface area (Å²) in [6, 6.07) is 6.24. The van der Waals surface area contributed by atoms with Crippen LogP contribution in [0.15, 0.2) is 22.7 Å². The van der Waals surface area contributed by atoms with E-state index < -0.39 is 0 Å². The largest absolute Gasteiger partial charge is 0.488 e. The first-order valence-corrected chi connectivity index (χ1v) is 7.14. The van der Waals surface area contributed by atoms with E-state index in [2.05, 4.69) is 41.2 Å². The zero-order chi connectivity index (χ0) is 12.3. The van der Waals surface area contributed by atoms with Crippen LogP contribution in [0.4, 0.5) is 0 Å². The van der Waals surface area contributed by atoms with E-state index in [9.17, 15) is 0 Å². The zero-order valence-electron chi connectivity index (χ0n) is 10.5. The van der Waals surface area contributed by atoms with E-state index in [-0.39, 0.29) is 0 Å². The van der Waals surface area contributed by atoms with Gasteiger partial charge in [0.1, 0.15) is 11.9 Å². The van der Waals surface area contributed by atoms with Gasteiger partial charge in [0, 0.05) is 17.4 Å². The van der Waals surface area contributed by atoms with Crippen molar-refractivity contribution in [3.05, 3.63) is 28.2 Å². The summed E-state index contributed by atoms with van der Waals surface area (Å²) in [6.07, 6.45) is 2.54. The van der Waals surface area contributed by atoms with Gasteiger partial charge in [-0.15, -0.1) is 0 Å². The van der Waals surface area contributed by atoms with Crippen LogP contribution in [0.25, 0.3) is 0 Å². The summed E-state index contributed by atoms with van der Waals surface area (Å²) in [4.78, 5) is 0. The molecule has 1 aliphatic heterocycles. The predicted molar refractivity (Wildman–Crippen MR) is 74.6 cm³/mol. The van der Waals surface area contributed by atoms with E-state index in [1.165, 1.54) is 12.0 Å².